The van der Waals surface area contributed by atoms with E-state index in [1.165, 1.54) is 6.07 Å². The molecule has 0 fully saturated rings. The van der Waals surface area contributed by atoms with Crippen LogP contribution >= 0.6 is 11.3 Å². The highest BCUT2D eigenvalue weighted by atomic mass is 32.1. The lowest BCUT2D eigenvalue weighted by atomic mass is 10.2. The van der Waals surface area contributed by atoms with Gasteiger partial charge in [-0.15, -0.1) is 0 Å². The number of hydrogen-bond acceptors (Lipinski definition) is 4. The fraction of sp³-hybridized carbons (Fsp3) is 0.0909. The molecule has 6 heteroatoms. The lowest BCUT2D eigenvalue weighted by Gasteiger charge is -2.04. The fourth-order valence-corrected chi connectivity index (χ4v) is 2.03. The predicted octanol–water partition coefficient (Wildman–Crippen LogP) is 3.41. The van der Waals surface area contributed by atoms with Crippen molar-refractivity contribution in [3.63, 3.8) is 0 Å². The van der Waals surface area contributed by atoms with Gasteiger partial charge in [0.15, 0.2) is 0 Å². The highest BCUT2D eigenvalue weighted by molar-refractivity contribution is 7.07. The van der Waals surface area contributed by atoms with Crippen LogP contribution in [0.3, 0.4) is 0 Å². The van der Waals surface area contributed by atoms with Crippen molar-refractivity contribution in [3.05, 3.63) is 56.5 Å². The van der Waals surface area contributed by atoms with Crippen LogP contribution in [0.2, 0.25) is 0 Å². The van der Waals surface area contributed by atoms with Crippen LogP contribution in [0.25, 0.3) is 0 Å². The molecule has 0 saturated heterocycles. The summed E-state index contributed by atoms with van der Waals surface area (Å²) in [5, 5.41) is 17.4. The molecular formula is C11H9FN2O2S. The Morgan fingerprint density at radius 2 is 2.24 bits per heavy atom. The van der Waals surface area contributed by atoms with Crippen molar-refractivity contribution in [2.75, 3.05) is 5.32 Å². The summed E-state index contributed by atoms with van der Waals surface area (Å²) in [6, 6.07) is 5.74. The van der Waals surface area contributed by atoms with Gasteiger partial charge in [0.25, 0.3) is 0 Å². The molecule has 1 aromatic heterocycles. The van der Waals surface area contributed by atoms with Crippen LogP contribution < -0.4 is 5.32 Å². The largest absolute Gasteiger partial charge is 0.381 e. The summed E-state index contributed by atoms with van der Waals surface area (Å²) in [6.07, 6.45) is 0. The molecule has 0 aliphatic heterocycles. The van der Waals surface area contributed by atoms with E-state index in [1.54, 1.807) is 11.3 Å². The molecule has 0 aliphatic rings. The van der Waals surface area contributed by atoms with Crippen LogP contribution in [-0.2, 0) is 6.54 Å². The first kappa shape index (κ1) is 11.5. The molecule has 88 valence electrons. The Morgan fingerprint density at radius 3 is 2.82 bits per heavy atom. The lowest BCUT2D eigenvalue weighted by Crippen LogP contribution is -1.99. The number of halogens is 1. The molecule has 1 heterocycles. The van der Waals surface area contributed by atoms with Gasteiger partial charge in [0.05, 0.1) is 4.92 Å². The van der Waals surface area contributed by atoms with Crippen molar-refractivity contribution < 1.29 is 9.31 Å². The van der Waals surface area contributed by atoms with Crippen molar-refractivity contribution >= 4 is 22.7 Å². The van der Waals surface area contributed by atoms with E-state index in [0.717, 1.165) is 17.7 Å². The number of nitro groups is 1. The summed E-state index contributed by atoms with van der Waals surface area (Å²) < 4.78 is 13.3. The van der Waals surface area contributed by atoms with Crippen molar-refractivity contribution in [1.82, 2.24) is 0 Å². The average molecular weight is 252 g/mol. The maximum atomic E-state index is 13.3. The third kappa shape index (κ3) is 2.79. The minimum absolute atomic E-state index is 0.508. The summed E-state index contributed by atoms with van der Waals surface area (Å²) in [5.74, 6) is -0.828. The highest BCUT2D eigenvalue weighted by Crippen LogP contribution is 2.21. The third-order valence-corrected chi connectivity index (χ3v) is 2.95. The summed E-state index contributed by atoms with van der Waals surface area (Å²) in [6.45, 7) is 0.570. The topological polar surface area (TPSA) is 55.2 Å². The van der Waals surface area contributed by atoms with E-state index < -0.39 is 16.4 Å². The predicted molar refractivity (Wildman–Crippen MR) is 64.7 cm³/mol. The first-order chi connectivity index (χ1) is 8.16. The smallest absolute Gasteiger partial charge is 0.304 e. The zero-order valence-corrected chi connectivity index (χ0v) is 9.54. The van der Waals surface area contributed by atoms with Crippen molar-refractivity contribution in [2.24, 2.45) is 0 Å². The number of nitrogens with one attached hydrogen (secondary N) is 1. The van der Waals surface area contributed by atoms with Gasteiger partial charge in [-0.2, -0.15) is 15.7 Å². The van der Waals surface area contributed by atoms with E-state index in [4.69, 9.17) is 0 Å². The van der Waals surface area contributed by atoms with Crippen molar-refractivity contribution in [2.45, 2.75) is 6.54 Å². The second-order valence-electron chi connectivity index (χ2n) is 3.41. The number of hydrogen-bond donors (Lipinski definition) is 1. The maximum absolute atomic E-state index is 13.3. The molecule has 0 amide bonds. The van der Waals surface area contributed by atoms with Gasteiger partial charge in [0, 0.05) is 24.4 Å². The fourth-order valence-electron chi connectivity index (χ4n) is 1.36. The Balaban J connectivity index is 2.07. The summed E-state index contributed by atoms with van der Waals surface area (Å²) in [5.41, 5.74) is 1.11. The Hall–Kier alpha value is -1.95. The molecule has 0 radical (unpaired) electrons. The van der Waals surface area contributed by atoms with Crippen LogP contribution in [0.5, 0.6) is 0 Å². The minimum atomic E-state index is -0.828. The molecule has 4 nitrogen and oxygen atoms in total. The van der Waals surface area contributed by atoms with Gasteiger partial charge in [-0.3, -0.25) is 10.1 Å². The minimum Gasteiger partial charge on any atom is -0.381 e. The van der Waals surface area contributed by atoms with Gasteiger partial charge < -0.3 is 5.32 Å². The van der Waals surface area contributed by atoms with Crippen LogP contribution in [0.4, 0.5) is 15.8 Å². The SMILES string of the molecule is O=[N+]([O-])c1ccc(NCc2ccsc2)cc1F. The van der Waals surface area contributed by atoms with Gasteiger partial charge in [0.1, 0.15) is 0 Å². The van der Waals surface area contributed by atoms with E-state index in [2.05, 4.69) is 5.32 Å². The van der Waals surface area contributed by atoms with E-state index in [9.17, 15) is 14.5 Å². The quantitative estimate of drug-likeness (QED) is 0.670. The second-order valence-corrected chi connectivity index (χ2v) is 4.19. The molecule has 0 atom stereocenters. The van der Waals surface area contributed by atoms with Gasteiger partial charge in [0.2, 0.25) is 5.82 Å². The van der Waals surface area contributed by atoms with Crippen molar-refractivity contribution in [3.8, 4) is 0 Å². The van der Waals surface area contributed by atoms with E-state index in [0.29, 0.717) is 12.2 Å². The molecule has 1 aromatic carbocycles. The first-order valence-corrected chi connectivity index (χ1v) is 5.80. The average Bonchev–Trinajstić information content (AvgIpc) is 2.78. The Morgan fingerprint density at radius 1 is 1.41 bits per heavy atom. The molecule has 2 aromatic rings. The van der Waals surface area contributed by atoms with E-state index >= 15 is 0 Å². The van der Waals surface area contributed by atoms with Crippen LogP contribution in [-0.4, -0.2) is 4.92 Å². The zero-order valence-electron chi connectivity index (χ0n) is 8.72. The third-order valence-electron chi connectivity index (χ3n) is 2.22. The molecule has 17 heavy (non-hydrogen) atoms. The Bertz CT molecular complexity index is 528. The first-order valence-electron chi connectivity index (χ1n) is 4.85. The molecule has 0 unspecified atom stereocenters. The van der Waals surface area contributed by atoms with Crippen LogP contribution in [0, 0.1) is 15.9 Å². The van der Waals surface area contributed by atoms with E-state index in [1.807, 2.05) is 16.8 Å². The summed E-state index contributed by atoms with van der Waals surface area (Å²) in [7, 11) is 0. The molecule has 2 rings (SSSR count). The standard InChI is InChI=1S/C11H9FN2O2S/c12-10-5-9(1-2-11(10)14(15)16)13-6-8-3-4-17-7-8/h1-5,7,13H,6H2. The lowest BCUT2D eigenvalue weighted by molar-refractivity contribution is -0.387. The van der Waals surface area contributed by atoms with Gasteiger partial charge in [-0.25, -0.2) is 0 Å². The zero-order chi connectivity index (χ0) is 12.3. The molecule has 0 saturated carbocycles. The Kier molecular flexibility index (Phi) is 3.34. The normalized spacial score (nSPS) is 10.2. The second kappa shape index (κ2) is 4.92. The van der Waals surface area contributed by atoms with E-state index in [-0.39, 0.29) is 0 Å². The summed E-state index contributed by atoms with van der Waals surface area (Å²) in [4.78, 5) is 9.69. The molecule has 1 N–H and O–H groups in total. The number of nitrogens with zero attached hydrogens (tertiary/aromatic N) is 1. The maximum Gasteiger partial charge on any atom is 0.304 e. The molecule has 0 spiro atoms. The summed E-state index contributed by atoms with van der Waals surface area (Å²) >= 11 is 1.58. The van der Waals surface area contributed by atoms with Crippen molar-refractivity contribution in [1.29, 1.82) is 0 Å². The monoisotopic (exact) mass is 252 g/mol. The molecular weight excluding hydrogens is 243 g/mol. The highest BCUT2D eigenvalue weighted by Gasteiger charge is 2.13. The van der Waals surface area contributed by atoms with Crippen LogP contribution in [0.15, 0.2) is 35.0 Å². The van der Waals surface area contributed by atoms with Crippen LogP contribution in [0.1, 0.15) is 5.56 Å². The number of rotatable bonds is 4. The van der Waals surface area contributed by atoms with Gasteiger partial charge in [-0.05, 0) is 28.5 Å². The van der Waals surface area contributed by atoms with Gasteiger partial charge >= 0.3 is 5.69 Å². The molecule has 0 aliphatic carbocycles. The Labute approximate surface area is 101 Å². The molecule has 0 bridgehead atoms. The van der Waals surface area contributed by atoms with Gasteiger partial charge in [-0.1, -0.05) is 0 Å². The number of thiophene rings is 1. The number of nitro benzene ring substituents is 1. The number of anilines is 1. The number of benzene rings is 1.